The van der Waals surface area contributed by atoms with Gasteiger partial charge >= 0.3 is 6.01 Å². The normalized spacial score (nSPS) is 10.9. The Morgan fingerprint density at radius 2 is 1.95 bits per heavy atom. The average molecular weight is 260 g/mol. The van der Waals surface area contributed by atoms with Gasteiger partial charge in [-0.2, -0.15) is 0 Å². The van der Waals surface area contributed by atoms with E-state index in [-0.39, 0.29) is 0 Å². The van der Waals surface area contributed by atoms with E-state index in [1.54, 1.807) is 0 Å². The van der Waals surface area contributed by atoms with Crippen molar-refractivity contribution >= 4 is 6.01 Å². The predicted molar refractivity (Wildman–Crippen MR) is 74.8 cm³/mol. The molecule has 1 aromatic heterocycles. The van der Waals surface area contributed by atoms with Crippen LogP contribution in [0.4, 0.5) is 6.01 Å². The minimum absolute atomic E-state index is 0.398. The van der Waals surface area contributed by atoms with Gasteiger partial charge in [0.2, 0.25) is 5.89 Å². The molecule has 0 aliphatic carbocycles. The van der Waals surface area contributed by atoms with E-state index in [0.717, 1.165) is 0 Å². The van der Waals surface area contributed by atoms with E-state index in [9.17, 15) is 0 Å². The maximum Gasteiger partial charge on any atom is 0.315 e. The van der Waals surface area contributed by atoms with Crippen molar-refractivity contribution in [3.05, 3.63) is 41.3 Å². The highest BCUT2D eigenvalue weighted by atomic mass is 16.4. The molecule has 0 amide bonds. The number of aryl methyl sites for hydroxylation is 1. The Labute approximate surface area is 113 Å². The Balaban J connectivity index is 1.88. The van der Waals surface area contributed by atoms with Crippen LogP contribution in [0.15, 0.2) is 28.7 Å². The van der Waals surface area contributed by atoms with Gasteiger partial charge in [-0.05, 0) is 18.1 Å². The van der Waals surface area contributed by atoms with Crippen LogP contribution >= 0.6 is 0 Å². The first-order valence-corrected chi connectivity index (χ1v) is 6.49. The SMILES string of the molecule is Cc1ccccc1CNc1nnc(CNC(C)C)o1. The van der Waals surface area contributed by atoms with Crippen LogP contribution in [0.2, 0.25) is 0 Å². The molecule has 0 saturated heterocycles. The van der Waals surface area contributed by atoms with Gasteiger partial charge in [-0.3, -0.25) is 0 Å². The number of benzene rings is 1. The van der Waals surface area contributed by atoms with E-state index in [1.807, 2.05) is 12.1 Å². The first kappa shape index (κ1) is 13.5. The number of anilines is 1. The van der Waals surface area contributed by atoms with Gasteiger partial charge < -0.3 is 15.1 Å². The summed E-state index contributed by atoms with van der Waals surface area (Å²) < 4.78 is 5.50. The Kier molecular flexibility index (Phi) is 4.52. The fourth-order valence-electron chi connectivity index (χ4n) is 1.67. The highest BCUT2D eigenvalue weighted by Gasteiger charge is 2.06. The fourth-order valence-corrected chi connectivity index (χ4v) is 1.67. The third kappa shape index (κ3) is 4.06. The zero-order chi connectivity index (χ0) is 13.7. The first-order valence-electron chi connectivity index (χ1n) is 6.49. The molecule has 0 unspecified atom stereocenters. The maximum absolute atomic E-state index is 5.50. The van der Waals surface area contributed by atoms with Crippen molar-refractivity contribution in [3.8, 4) is 0 Å². The van der Waals surface area contributed by atoms with E-state index in [0.29, 0.717) is 31.0 Å². The molecule has 0 bridgehead atoms. The number of rotatable bonds is 6. The third-order valence-electron chi connectivity index (χ3n) is 2.82. The van der Waals surface area contributed by atoms with Crippen LogP contribution in [-0.2, 0) is 13.1 Å². The standard InChI is InChI=1S/C14H20N4O/c1-10(2)15-9-13-17-18-14(19-13)16-8-12-7-5-4-6-11(12)3/h4-7,10,15H,8-9H2,1-3H3,(H,16,18). The second-order valence-electron chi connectivity index (χ2n) is 4.82. The first-order chi connectivity index (χ1) is 9.15. The van der Waals surface area contributed by atoms with Crippen molar-refractivity contribution in [1.29, 1.82) is 0 Å². The molecular formula is C14H20N4O. The molecule has 0 aliphatic rings. The van der Waals surface area contributed by atoms with E-state index in [4.69, 9.17) is 4.42 Å². The molecule has 0 aliphatic heterocycles. The quantitative estimate of drug-likeness (QED) is 0.835. The summed E-state index contributed by atoms with van der Waals surface area (Å²) in [5, 5.41) is 14.3. The van der Waals surface area contributed by atoms with Crippen molar-refractivity contribution < 1.29 is 4.42 Å². The molecule has 0 fully saturated rings. The molecule has 2 N–H and O–H groups in total. The second-order valence-corrected chi connectivity index (χ2v) is 4.82. The lowest BCUT2D eigenvalue weighted by Crippen LogP contribution is -2.21. The van der Waals surface area contributed by atoms with Crippen LogP contribution in [0.5, 0.6) is 0 Å². The van der Waals surface area contributed by atoms with E-state index in [1.165, 1.54) is 11.1 Å². The van der Waals surface area contributed by atoms with Crippen LogP contribution in [0.3, 0.4) is 0 Å². The van der Waals surface area contributed by atoms with Crippen molar-refractivity contribution in [2.24, 2.45) is 0 Å². The second kappa shape index (κ2) is 6.33. The number of hydrogen-bond acceptors (Lipinski definition) is 5. The summed E-state index contributed by atoms with van der Waals surface area (Å²) in [4.78, 5) is 0. The number of nitrogens with one attached hydrogen (secondary N) is 2. The highest BCUT2D eigenvalue weighted by molar-refractivity contribution is 5.29. The highest BCUT2D eigenvalue weighted by Crippen LogP contribution is 2.11. The monoisotopic (exact) mass is 260 g/mol. The van der Waals surface area contributed by atoms with Crippen molar-refractivity contribution in [2.75, 3.05) is 5.32 Å². The lowest BCUT2D eigenvalue weighted by molar-refractivity contribution is 0.458. The Morgan fingerprint density at radius 3 is 2.68 bits per heavy atom. The van der Waals surface area contributed by atoms with Gasteiger partial charge in [0.1, 0.15) is 0 Å². The molecular weight excluding hydrogens is 240 g/mol. The van der Waals surface area contributed by atoms with Gasteiger partial charge in [0.05, 0.1) is 6.54 Å². The smallest absolute Gasteiger partial charge is 0.315 e. The van der Waals surface area contributed by atoms with Crippen molar-refractivity contribution in [1.82, 2.24) is 15.5 Å². The van der Waals surface area contributed by atoms with Crippen LogP contribution < -0.4 is 10.6 Å². The van der Waals surface area contributed by atoms with E-state index in [2.05, 4.69) is 53.7 Å². The number of aromatic nitrogens is 2. The average Bonchev–Trinajstić information content (AvgIpc) is 2.83. The molecule has 0 spiro atoms. The van der Waals surface area contributed by atoms with Gasteiger partial charge in [-0.15, -0.1) is 5.10 Å². The summed E-state index contributed by atoms with van der Waals surface area (Å²) in [7, 11) is 0. The lowest BCUT2D eigenvalue weighted by atomic mass is 10.1. The Bertz CT molecular complexity index is 522. The lowest BCUT2D eigenvalue weighted by Gasteiger charge is -2.05. The molecule has 5 heteroatoms. The van der Waals surface area contributed by atoms with E-state index >= 15 is 0 Å². The van der Waals surface area contributed by atoms with Gasteiger partial charge in [0.25, 0.3) is 0 Å². The van der Waals surface area contributed by atoms with Crippen LogP contribution in [0.25, 0.3) is 0 Å². The molecule has 0 atom stereocenters. The molecule has 2 rings (SSSR count). The topological polar surface area (TPSA) is 63.0 Å². The molecule has 1 aromatic carbocycles. The molecule has 0 saturated carbocycles. The summed E-state index contributed by atoms with van der Waals surface area (Å²) >= 11 is 0. The minimum atomic E-state index is 0.398. The third-order valence-corrected chi connectivity index (χ3v) is 2.82. The molecule has 2 aromatic rings. The maximum atomic E-state index is 5.50. The van der Waals surface area contributed by atoms with Gasteiger partial charge in [0, 0.05) is 12.6 Å². The van der Waals surface area contributed by atoms with Gasteiger partial charge in [0.15, 0.2) is 0 Å². The van der Waals surface area contributed by atoms with Crippen LogP contribution in [-0.4, -0.2) is 16.2 Å². The van der Waals surface area contributed by atoms with Crippen molar-refractivity contribution in [3.63, 3.8) is 0 Å². The van der Waals surface area contributed by atoms with Crippen molar-refractivity contribution in [2.45, 2.75) is 39.9 Å². The molecule has 5 nitrogen and oxygen atoms in total. The zero-order valence-corrected chi connectivity index (χ0v) is 11.6. The fraction of sp³-hybridized carbons (Fsp3) is 0.429. The summed E-state index contributed by atoms with van der Waals surface area (Å²) in [6.45, 7) is 7.52. The minimum Gasteiger partial charge on any atom is -0.407 e. The number of nitrogens with zero attached hydrogens (tertiary/aromatic N) is 2. The van der Waals surface area contributed by atoms with E-state index < -0.39 is 0 Å². The molecule has 0 radical (unpaired) electrons. The summed E-state index contributed by atoms with van der Waals surface area (Å²) in [6.07, 6.45) is 0. The Hall–Kier alpha value is -1.88. The summed E-state index contributed by atoms with van der Waals surface area (Å²) in [6, 6.07) is 9.08. The molecule has 1 heterocycles. The largest absolute Gasteiger partial charge is 0.407 e. The summed E-state index contributed by atoms with van der Waals surface area (Å²) in [5.74, 6) is 0.598. The Morgan fingerprint density at radius 1 is 1.16 bits per heavy atom. The number of hydrogen-bond donors (Lipinski definition) is 2. The zero-order valence-electron chi connectivity index (χ0n) is 11.6. The van der Waals surface area contributed by atoms with Crippen LogP contribution in [0, 0.1) is 6.92 Å². The summed E-state index contributed by atoms with van der Waals surface area (Å²) in [5.41, 5.74) is 2.47. The van der Waals surface area contributed by atoms with Gasteiger partial charge in [-0.25, -0.2) is 0 Å². The molecule has 102 valence electrons. The van der Waals surface area contributed by atoms with Gasteiger partial charge in [-0.1, -0.05) is 43.2 Å². The molecule has 19 heavy (non-hydrogen) atoms. The predicted octanol–water partition coefficient (Wildman–Crippen LogP) is 2.49. The van der Waals surface area contributed by atoms with Crippen LogP contribution in [0.1, 0.15) is 30.9 Å².